The summed E-state index contributed by atoms with van der Waals surface area (Å²) in [4.78, 5) is 17.1. The number of halogens is 1. The number of ketones is 1. The number of allylic oxidation sites excluding steroid dienone is 2. The van der Waals surface area contributed by atoms with Gasteiger partial charge in [0.25, 0.3) is 0 Å². The van der Waals surface area contributed by atoms with Gasteiger partial charge >= 0.3 is 0 Å². The van der Waals surface area contributed by atoms with Gasteiger partial charge in [0.2, 0.25) is 5.90 Å². The number of para-hydroxylation sites is 1. The van der Waals surface area contributed by atoms with E-state index < -0.39 is 21.1 Å². The Hall–Kier alpha value is -2.29. The second-order valence-corrected chi connectivity index (χ2v) is 9.69. The lowest BCUT2D eigenvalue weighted by atomic mass is 9.94. The molecule has 1 aliphatic carbocycles. The zero-order valence-electron chi connectivity index (χ0n) is 20.9. The van der Waals surface area contributed by atoms with Gasteiger partial charge in [0.1, 0.15) is 11.0 Å². The predicted molar refractivity (Wildman–Crippen MR) is 144 cm³/mol. The molecule has 0 saturated carbocycles. The van der Waals surface area contributed by atoms with E-state index in [1.54, 1.807) is 32.1 Å². The number of ether oxygens (including phenoxy) is 1. The molecule has 9 heteroatoms. The van der Waals surface area contributed by atoms with E-state index in [9.17, 15) is 9.00 Å². The second kappa shape index (κ2) is 14.9. The molecule has 1 aliphatic rings. The fourth-order valence-corrected chi connectivity index (χ4v) is 4.00. The molecule has 0 aromatic heterocycles. The van der Waals surface area contributed by atoms with Crippen LogP contribution in [0.5, 0.6) is 0 Å². The summed E-state index contributed by atoms with van der Waals surface area (Å²) < 4.78 is 16.3. The maximum absolute atomic E-state index is 12.5. The van der Waals surface area contributed by atoms with Gasteiger partial charge < -0.3 is 10.2 Å². The van der Waals surface area contributed by atoms with Crippen LogP contribution < -0.4 is 10.6 Å². The molecule has 2 rings (SSSR count). The van der Waals surface area contributed by atoms with E-state index in [1.165, 1.54) is 5.56 Å². The first-order valence-electron chi connectivity index (χ1n) is 11.4. The zero-order chi connectivity index (χ0) is 25.7. The molecular formula is C25H37ClN4O3S. The Morgan fingerprint density at radius 3 is 2.62 bits per heavy atom. The first-order valence-corrected chi connectivity index (χ1v) is 13.1. The Labute approximate surface area is 211 Å². The highest BCUT2D eigenvalue weighted by Gasteiger charge is 2.37. The minimum atomic E-state index is -1.72. The quantitative estimate of drug-likeness (QED) is 0.206. The van der Waals surface area contributed by atoms with Crippen molar-refractivity contribution in [3.05, 3.63) is 53.6 Å². The molecular weight excluding hydrogens is 472 g/mol. The maximum atomic E-state index is 12.5. The molecule has 0 bridgehead atoms. The summed E-state index contributed by atoms with van der Waals surface area (Å²) in [5.74, 6) is 0.0413. The number of alkyl halides is 1. The van der Waals surface area contributed by atoms with Crippen molar-refractivity contribution in [1.82, 2.24) is 5.43 Å². The van der Waals surface area contributed by atoms with E-state index in [2.05, 4.69) is 28.5 Å². The molecule has 3 unspecified atom stereocenters. The Morgan fingerprint density at radius 1 is 1.29 bits per heavy atom. The van der Waals surface area contributed by atoms with E-state index in [1.807, 2.05) is 39.0 Å². The molecule has 0 amide bonds. The minimum absolute atomic E-state index is 0.203. The van der Waals surface area contributed by atoms with Crippen molar-refractivity contribution in [1.29, 1.82) is 0 Å². The number of Topliss-reactive ketones (excluding diaryl/α,β-unsaturated/α-hetero) is 1. The number of nitrogens with zero attached hydrogens (tertiary/aromatic N) is 2. The van der Waals surface area contributed by atoms with Gasteiger partial charge in [-0.3, -0.25) is 14.9 Å². The Balaban J connectivity index is 0.00000281. The van der Waals surface area contributed by atoms with Gasteiger partial charge in [-0.2, -0.15) is 0 Å². The fourth-order valence-electron chi connectivity index (χ4n) is 3.05. The van der Waals surface area contributed by atoms with Crippen molar-refractivity contribution >= 4 is 45.7 Å². The lowest BCUT2D eigenvalue weighted by molar-refractivity contribution is -0.117. The van der Waals surface area contributed by atoms with Crippen molar-refractivity contribution in [2.45, 2.75) is 64.5 Å². The maximum Gasteiger partial charge on any atom is 0.202 e. The molecule has 7 nitrogen and oxygen atoms in total. The van der Waals surface area contributed by atoms with Crippen LogP contribution in [0.1, 0.15) is 53.5 Å². The average Bonchev–Trinajstić information content (AvgIpc) is 2.82. The topological polar surface area (TPSA) is 106 Å². The molecule has 1 aromatic rings. The molecule has 3 atom stereocenters. The third kappa shape index (κ3) is 8.81. The normalized spacial score (nSPS) is 21.2. The first-order chi connectivity index (χ1) is 16.2. The standard InChI is InChI=1S/C23H31ClN4O3S.C2H6/c1-5-8-18-9-6-7-10-20(18)27-16(2)14-26-28-17(3)31-15-21(29)19-11-12-22(24)23(4,13-19)32(25)30;1-2/h6-7,9-13,22,26H,5,8,14-15,25H2,1-4H3;1-2H3/b27-16?,28-17+;. The molecule has 0 fully saturated rings. The number of hydrogen-bond acceptors (Lipinski definition) is 6. The number of hydrogen-bond donors (Lipinski definition) is 2. The third-order valence-corrected chi connectivity index (χ3v) is 6.96. The molecule has 0 heterocycles. The number of nitrogens with one attached hydrogen (secondary N) is 1. The predicted octanol–water partition coefficient (Wildman–Crippen LogP) is 4.75. The van der Waals surface area contributed by atoms with Crippen LogP contribution in [0.4, 0.5) is 5.69 Å². The van der Waals surface area contributed by atoms with Crippen molar-refractivity contribution in [2.24, 2.45) is 15.2 Å². The SMILES string of the molecule is CC.CCCc1ccccc1N=C(C)CN/N=C(\C)OCC(=O)C1=CC(C)(S(N)=O)C(Cl)C=C1. The smallest absolute Gasteiger partial charge is 0.202 e. The van der Waals surface area contributed by atoms with Crippen LogP contribution in [-0.2, 0) is 26.9 Å². The van der Waals surface area contributed by atoms with Gasteiger partial charge in [-0.15, -0.1) is 16.7 Å². The second-order valence-electron chi connectivity index (χ2n) is 7.75. The summed E-state index contributed by atoms with van der Waals surface area (Å²) in [7, 11) is -1.72. The van der Waals surface area contributed by atoms with E-state index in [0.29, 0.717) is 18.0 Å². The number of carbonyl (C=O) groups is 1. The lowest BCUT2D eigenvalue weighted by Gasteiger charge is -2.29. The highest BCUT2D eigenvalue weighted by molar-refractivity contribution is 7.84. The molecule has 34 heavy (non-hydrogen) atoms. The number of aliphatic imine (C=N–C) groups is 1. The molecule has 0 aliphatic heterocycles. The van der Waals surface area contributed by atoms with Crippen LogP contribution in [0.15, 0.2) is 58.2 Å². The van der Waals surface area contributed by atoms with Crippen molar-refractivity contribution < 1.29 is 13.7 Å². The van der Waals surface area contributed by atoms with Gasteiger partial charge in [0, 0.05) is 18.2 Å². The average molecular weight is 509 g/mol. The summed E-state index contributed by atoms with van der Waals surface area (Å²) in [6.07, 6.45) is 6.80. The zero-order valence-corrected chi connectivity index (χ0v) is 22.5. The summed E-state index contributed by atoms with van der Waals surface area (Å²) >= 11 is 6.19. The van der Waals surface area contributed by atoms with Crippen LogP contribution in [0, 0.1) is 0 Å². The van der Waals surface area contributed by atoms with Crippen LogP contribution in [0.25, 0.3) is 0 Å². The Kier molecular flexibility index (Phi) is 13.0. The number of hydrazone groups is 1. The Bertz CT molecular complexity index is 975. The number of nitrogens with two attached hydrogens (primary N) is 1. The van der Waals surface area contributed by atoms with Gasteiger partial charge in [-0.1, -0.05) is 63.6 Å². The van der Waals surface area contributed by atoms with Gasteiger partial charge in [-0.25, -0.2) is 4.21 Å². The number of carbonyl (C=O) groups excluding carboxylic acids is 1. The number of rotatable bonds is 10. The molecule has 3 N–H and O–H groups in total. The van der Waals surface area contributed by atoms with Crippen molar-refractivity contribution in [3.63, 3.8) is 0 Å². The van der Waals surface area contributed by atoms with Crippen LogP contribution in [-0.4, -0.2) is 44.9 Å². The van der Waals surface area contributed by atoms with E-state index in [4.69, 9.17) is 21.5 Å². The van der Waals surface area contributed by atoms with E-state index >= 15 is 0 Å². The van der Waals surface area contributed by atoms with Gasteiger partial charge in [-0.05, 0) is 31.9 Å². The summed E-state index contributed by atoms with van der Waals surface area (Å²) in [6.45, 7) is 11.6. The third-order valence-electron chi connectivity index (χ3n) is 5.00. The van der Waals surface area contributed by atoms with Crippen molar-refractivity contribution in [2.75, 3.05) is 13.2 Å². The number of aryl methyl sites for hydroxylation is 1. The highest BCUT2D eigenvalue weighted by Crippen LogP contribution is 2.30. The van der Waals surface area contributed by atoms with Crippen LogP contribution >= 0.6 is 11.6 Å². The lowest BCUT2D eigenvalue weighted by Crippen LogP contribution is -2.43. The van der Waals surface area contributed by atoms with E-state index in [-0.39, 0.29) is 12.4 Å². The number of benzene rings is 1. The van der Waals surface area contributed by atoms with Crippen LogP contribution in [0.2, 0.25) is 0 Å². The minimum Gasteiger partial charge on any atom is -0.472 e. The summed E-state index contributed by atoms with van der Waals surface area (Å²) in [5.41, 5.74) is 6.34. The monoisotopic (exact) mass is 508 g/mol. The largest absolute Gasteiger partial charge is 0.472 e. The van der Waals surface area contributed by atoms with Crippen LogP contribution in [0.3, 0.4) is 0 Å². The molecule has 188 valence electrons. The molecule has 0 spiro atoms. The fraction of sp³-hybridized carbons (Fsp3) is 0.480. The molecule has 1 aromatic carbocycles. The first kappa shape index (κ1) is 29.7. The van der Waals surface area contributed by atoms with E-state index in [0.717, 1.165) is 24.2 Å². The summed E-state index contributed by atoms with van der Waals surface area (Å²) in [5, 5.41) is 9.13. The van der Waals surface area contributed by atoms with Gasteiger partial charge in [0.05, 0.1) is 22.4 Å². The summed E-state index contributed by atoms with van der Waals surface area (Å²) in [6, 6.07) is 8.09. The molecule has 0 saturated heterocycles. The van der Waals surface area contributed by atoms with Crippen molar-refractivity contribution in [3.8, 4) is 0 Å². The van der Waals surface area contributed by atoms with Gasteiger partial charge in [0.15, 0.2) is 12.4 Å². The highest BCUT2D eigenvalue weighted by atomic mass is 35.5. The molecule has 0 radical (unpaired) electrons. The Morgan fingerprint density at radius 2 is 1.97 bits per heavy atom.